The van der Waals surface area contributed by atoms with Crippen LogP contribution in [-0.4, -0.2) is 33.0 Å². The number of carbonyl (C=O) groups excluding carboxylic acids is 1. The first kappa shape index (κ1) is 20.5. The summed E-state index contributed by atoms with van der Waals surface area (Å²) in [4.78, 5) is 14.8. The second-order valence-corrected chi connectivity index (χ2v) is 8.51. The lowest BCUT2D eigenvalue weighted by Crippen LogP contribution is -2.30. The molecule has 0 saturated carbocycles. The van der Waals surface area contributed by atoms with Gasteiger partial charge in [-0.3, -0.25) is 9.36 Å². The average Bonchev–Trinajstić information content (AvgIpc) is 3.43. The number of anilines is 1. The van der Waals surface area contributed by atoms with Crippen molar-refractivity contribution in [2.45, 2.75) is 18.1 Å². The zero-order valence-electron chi connectivity index (χ0n) is 17.3. The van der Waals surface area contributed by atoms with Gasteiger partial charge >= 0.3 is 0 Å². The third kappa shape index (κ3) is 4.03. The van der Waals surface area contributed by atoms with E-state index in [-0.39, 0.29) is 17.5 Å². The van der Waals surface area contributed by atoms with E-state index < -0.39 is 0 Å². The lowest BCUT2D eigenvalue weighted by molar-refractivity contribution is -0.116. The van der Waals surface area contributed by atoms with Crippen molar-refractivity contribution < 1.29 is 9.18 Å². The van der Waals surface area contributed by atoms with E-state index in [1.807, 2.05) is 58.0 Å². The van der Waals surface area contributed by atoms with Crippen LogP contribution in [0.5, 0.6) is 0 Å². The Bertz CT molecular complexity index is 1260. The molecule has 0 saturated heterocycles. The van der Waals surface area contributed by atoms with Crippen LogP contribution >= 0.6 is 11.8 Å². The summed E-state index contributed by atoms with van der Waals surface area (Å²) in [5.41, 5.74) is 3.62. The first-order chi connectivity index (χ1) is 15.7. The van der Waals surface area contributed by atoms with Crippen LogP contribution in [0.25, 0.3) is 11.4 Å². The van der Waals surface area contributed by atoms with E-state index in [1.54, 1.807) is 18.2 Å². The van der Waals surface area contributed by atoms with Gasteiger partial charge in [0.15, 0.2) is 11.0 Å². The number of para-hydroxylation sites is 1. The van der Waals surface area contributed by atoms with Gasteiger partial charge in [0, 0.05) is 12.2 Å². The number of thioether (sulfide) groups is 1. The Labute approximate surface area is 189 Å². The highest BCUT2D eigenvalue weighted by Gasteiger charge is 2.25. The fraction of sp³-hybridized carbons (Fsp3) is 0.160. The van der Waals surface area contributed by atoms with E-state index in [0.717, 1.165) is 17.7 Å². The minimum atomic E-state index is -0.351. The number of benzene rings is 3. The van der Waals surface area contributed by atoms with Gasteiger partial charge in [-0.25, -0.2) is 4.39 Å². The zero-order valence-corrected chi connectivity index (χ0v) is 18.1. The van der Waals surface area contributed by atoms with E-state index in [0.29, 0.717) is 29.6 Å². The van der Waals surface area contributed by atoms with Crippen molar-refractivity contribution in [3.05, 3.63) is 95.8 Å². The number of amides is 1. The maximum Gasteiger partial charge on any atom is 0.237 e. The summed E-state index contributed by atoms with van der Waals surface area (Å²) in [6.45, 7) is 1.18. The summed E-state index contributed by atoms with van der Waals surface area (Å²) in [5, 5.41) is 9.18. The number of aromatic nitrogens is 3. The van der Waals surface area contributed by atoms with Crippen molar-refractivity contribution in [1.29, 1.82) is 0 Å². The predicted octanol–water partition coefficient (Wildman–Crippen LogP) is 4.81. The molecule has 0 fully saturated rings. The molecule has 2 heterocycles. The van der Waals surface area contributed by atoms with Gasteiger partial charge in [-0.2, -0.15) is 0 Å². The van der Waals surface area contributed by atoms with Gasteiger partial charge in [0.1, 0.15) is 5.82 Å². The van der Waals surface area contributed by atoms with E-state index in [9.17, 15) is 9.18 Å². The minimum absolute atomic E-state index is 0.0293. The molecule has 5 nitrogen and oxygen atoms in total. The van der Waals surface area contributed by atoms with E-state index >= 15 is 0 Å². The fourth-order valence-electron chi connectivity index (χ4n) is 3.95. The van der Waals surface area contributed by atoms with E-state index in [2.05, 4.69) is 16.3 Å². The van der Waals surface area contributed by atoms with Crippen molar-refractivity contribution in [3.8, 4) is 11.4 Å². The van der Waals surface area contributed by atoms with Gasteiger partial charge in [-0.15, -0.1) is 10.2 Å². The molecule has 0 atom stereocenters. The van der Waals surface area contributed by atoms with E-state index in [4.69, 9.17) is 0 Å². The van der Waals surface area contributed by atoms with Crippen molar-refractivity contribution in [2.24, 2.45) is 0 Å². The molecule has 32 heavy (non-hydrogen) atoms. The summed E-state index contributed by atoms with van der Waals surface area (Å²) in [6, 6.07) is 24.4. The number of hydrogen-bond donors (Lipinski definition) is 0. The maximum atomic E-state index is 14.5. The smallest absolute Gasteiger partial charge is 0.237 e. The number of carbonyl (C=O) groups is 1. The Morgan fingerprint density at radius 3 is 2.53 bits per heavy atom. The second kappa shape index (κ2) is 8.96. The van der Waals surface area contributed by atoms with Gasteiger partial charge in [-0.05, 0) is 35.7 Å². The predicted molar refractivity (Wildman–Crippen MR) is 124 cm³/mol. The third-order valence-corrected chi connectivity index (χ3v) is 6.48. The number of fused-ring (bicyclic) bond motifs is 1. The molecule has 0 radical (unpaired) electrons. The van der Waals surface area contributed by atoms with Crippen molar-refractivity contribution in [1.82, 2.24) is 14.8 Å². The van der Waals surface area contributed by atoms with Crippen molar-refractivity contribution in [2.75, 3.05) is 17.2 Å². The van der Waals surface area contributed by atoms with Crippen LogP contribution in [-0.2, 0) is 17.8 Å². The lowest BCUT2D eigenvalue weighted by Gasteiger charge is -2.17. The number of rotatable bonds is 6. The van der Waals surface area contributed by atoms with Gasteiger partial charge < -0.3 is 4.90 Å². The van der Waals surface area contributed by atoms with Crippen molar-refractivity contribution >= 4 is 23.4 Å². The minimum Gasteiger partial charge on any atom is -0.311 e. The quantitative estimate of drug-likeness (QED) is 0.401. The Kier molecular flexibility index (Phi) is 5.73. The molecule has 4 aromatic rings. The molecular weight excluding hydrogens is 423 g/mol. The first-order valence-corrected chi connectivity index (χ1v) is 11.4. The SMILES string of the molecule is O=C(CSc1nnc(-c2ccccc2F)n1Cc1ccccc1)N1CCc2ccccc21. The first-order valence-electron chi connectivity index (χ1n) is 10.4. The molecule has 0 spiro atoms. The monoisotopic (exact) mass is 444 g/mol. The lowest BCUT2D eigenvalue weighted by atomic mass is 10.2. The summed E-state index contributed by atoms with van der Waals surface area (Å²) in [5.74, 6) is 0.365. The van der Waals surface area contributed by atoms with Gasteiger partial charge in [0.05, 0.1) is 17.9 Å². The molecule has 5 rings (SSSR count). The molecule has 0 aliphatic carbocycles. The molecule has 7 heteroatoms. The number of nitrogens with zero attached hydrogens (tertiary/aromatic N) is 4. The Morgan fingerprint density at radius 2 is 1.69 bits per heavy atom. The Hall–Kier alpha value is -3.45. The number of hydrogen-bond acceptors (Lipinski definition) is 4. The van der Waals surface area contributed by atoms with Gasteiger partial charge in [0.2, 0.25) is 5.91 Å². The normalized spacial score (nSPS) is 12.7. The molecule has 1 aliphatic rings. The maximum absolute atomic E-state index is 14.5. The third-order valence-electron chi connectivity index (χ3n) is 5.53. The largest absolute Gasteiger partial charge is 0.311 e. The van der Waals surface area contributed by atoms with Crippen LogP contribution in [0, 0.1) is 5.82 Å². The van der Waals surface area contributed by atoms with Crippen LogP contribution in [0.1, 0.15) is 11.1 Å². The summed E-state index contributed by atoms with van der Waals surface area (Å²) in [7, 11) is 0. The van der Waals surface area contributed by atoms with Crippen LogP contribution in [0.2, 0.25) is 0 Å². The van der Waals surface area contributed by atoms with Crippen LogP contribution < -0.4 is 4.90 Å². The van der Waals surface area contributed by atoms with Crippen LogP contribution in [0.15, 0.2) is 84.0 Å². The highest BCUT2D eigenvalue weighted by Crippen LogP contribution is 2.30. The fourth-order valence-corrected chi connectivity index (χ4v) is 4.76. The molecule has 0 bridgehead atoms. The standard InChI is InChI=1S/C25H21FN4OS/c26-21-12-6-5-11-20(21)24-27-28-25(30(24)16-18-8-2-1-3-9-18)32-17-23(31)29-15-14-19-10-4-7-13-22(19)29/h1-13H,14-17H2. The van der Waals surface area contributed by atoms with E-state index in [1.165, 1.54) is 23.4 Å². The highest BCUT2D eigenvalue weighted by molar-refractivity contribution is 7.99. The van der Waals surface area contributed by atoms with Crippen LogP contribution in [0.3, 0.4) is 0 Å². The highest BCUT2D eigenvalue weighted by atomic mass is 32.2. The molecule has 0 unspecified atom stereocenters. The molecule has 1 aromatic heterocycles. The summed E-state index contributed by atoms with van der Waals surface area (Å²) in [6.07, 6.45) is 0.869. The number of halogens is 1. The molecule has 1 aliphatic heterocycles. The molecular formula is C25H21FN4OS. The zero-order chi connectivity index (χ0) is 21.9. The molecule has 1 amide bonds. The second-order valence-electron chi connectivity index (χ2n) is 7.57. The van der Waals surface area contributed by atoms with Crippen molar-refractivity contribution in [3.63, 3.8) is 0 Å². The van der Waals surface area contributed by atoms with Gasteiger partial charge in [0.25, 0.3) is 0 Å². The molecule has 3 aromatic carbocycles. The molecule has 0 N–H and O–H groups in total. The molecule has 160 valence electrons. The van der Waals surface area contributed by atoms with Gasteiger partial charge in [-0.1, -0.05) is 72.4 Å². The average molecular weight is 445 g/mol. The summed E-state index contributed by atoms with van der Waals surface area (Å²) >= 11 is 1.33. The summed E-state index contributed by atoms with van der Waals surface area (Å²) < 4.78 is 16.4. The Balaban J connectivity index is 1.41. The van der Waals surface area contributed by atoms with Crippen LogP contribution in [0.4, 0.5) is 10.1 Å². The Morgan fingerprint density at radius 1 is 0.938 bits per heavy atom. The topological polar surface area (TPSA) is 51.0 Å².